The van der Waals surface area contributed by atoms with E-state index < -0.39 is 5.97 Å². The molecule has 2 heterocycles. The van der Waals surface area contributed by atoms with E-state index in [-0.39, 0.29) is 12.2 Å². The van der Waals surface area contributed by atoms with Gasteiger partial charge in [0.15, 0.2) is 0 Å². The van der Waals surface area contributed by atoms with E-state index in [0.29, 0.717) is 18.9 Å². The Bertz CT molecular complexity index is 1270. The highest BCUT2D eigenvalue weighted by Gasteiger charge is 2.34. The van der Waals surface area contributed by atoms with E-state index in [1.54, 1.807) is 12.1 Å². The van der Waals surface area contributed by atoms with Crippen LogP contribution in [0.1, 0.15) is 54.6 Å². The molecule has 1 aromatic heterocycles. The Morgan fingerprint density at radius 3 is 2.42 bits per heavy atom. The molecule has 2 unspecified atom stereocenters. The third-order valence-electron chi connectivity index (χ3n) is 8.31. The first kappa shape index (κ1) is 26.2. The van der Waals surface area contributed by atoms with Gasteiger partial charge in [0.25, 0.3) is 0 Å². The summed E-state index contributed by atoms with van der Waals surface area (Å²) in [5, 5.41) is 9.77. The average molecular weight is 517 g/mol. The summed E-state index contributed by atoms with van der Waals surface area (Å²) in [5.41, 5.74) is 6.67. The lowest BCUT2D eigenvalue weighted by Crippen LogP contribution is -2.42. The molecule has 1 aliphatic carbocycles. The van der Waals surface area contributed by atoms with Crippen LogP contribution in [0.5, 0.6) is 5.75 Å². The Hall–Kier alpha value is -3.41. The van der Waals surface area contributed by atoms with Gasteiger partial charge in [0, 0.05) is 42.0 Å². The van der Waals surface area contributed by atoms with Crippen molar-refractivity contribution < 1.29 is 19.0 Å². The quantitative estimate of drug-likeness (QED) is 0.358. The van der Waals surface area contributed by atoms with Crippen LogP contribution >= 0.6 is 0 Å². The van der Waals surface area contributed by atoms with Gasteiger partial charge >= 0.3 is 5.97 Å². The van der Waals surface area contributed by atoms with Crippen LogP contribution in [0.25, 0.3) is 11.1 Å². The minimum atomic E-state index is -0.830. The first-order valence-electron chi connectivity index (χ1n) is 13.8. The zero-order valence-electron chi connectivity index (χ0n) is 22.4. The number of carboxylic acids is 1. The molecule has 2 aromatic carbocycles. The summed E-state index contributed by atoms with van der Waals surface area (Å²) in [6, 6.07) is 14.5. The zero-order valence-corrected chi connectivity index (χ0v) is 22.4. The molecule has 0 radical (unpaired) electrons. The predicted octanol–water partition coefficient (Wildman–Crippen LogP) is 6.77. The van der Waals surface area contributed by atoms with Crippen LogP contribution in [0.3, 0.4) is 0 Å². The van der Waals surface area contributed by atoms with E-state index in [0.717, 1.165) is 70.5 Å². The molecule has 1 saturated carbocycles. The topological polar surface area (TPSA) is 62.7 Å². The number of piperidine rings is 1. The van der Waals surface area contributed by atoms with Gasteiger partial charge in [-0.05, 0) is 73.9 Å². The normalized spacial score (nSPS) is 19.2. The lowest BCUT2D eigenvalue weighted by Gasteiger charge is -2.43. The molecule has 1 aliphatic heterocycles. The highest BCUT2D eigenvalue weighted by molar-refractivity contribution is 5.86. The molecule has 0 amide bonds. The second kappa shape index (κ2) is 11.5. The molecule has 1 N–H and O–H groups in total. The Balaban J connectivity index is 1.42. The van der Waals surface area contributed by atoms with Gasteiger partial charge in [-0.15, -0.1) is 0 Å². The Morgan fingerprint density at radius 1 is 1.00 bits per heavy atom. The van der Waals surface area contributed by atoms with Crippen molar-refractivity contribution in [1.29, 1.82) is 0 Å². The maximum atomic E-state index is 13.1. The number of rotatable bonds is 8. The molecule has 1 saturated heterocycles. The van der Waals surface area contributed by atoms with Crippen LogP contribution in [0.4, 0.5) is 10.1 Å². The number of hydrogen-bond donors (Lipinski definition) is 1. The monoisotopic (exact) mass is 516 g/mol. The van der Waals surface area contributed by atoms with Crippen LogP contribution in [-0.2, 0) is 17.6 Å². The van der Waals surface area contributed by atoms with Crippen molar-refractivity contribution in [2.24, 2.45) is 11.8 Å². The molecule has 2 aliphatic rings. The highest BCUT2D eigenvalue weighted by Crippen LogP contribution is 2.43. The minimum absolute atomic E-state index is 0.0311. The summed E-state index contributed by atoms with van der Waals surface area (Å²) in [6.45, 7) is 6.40. The van der Waals surface area contributed by atoms with Gasteiger partial charge in [0.05, 0.1) is 18.7 Å². The fourth-order valence-corrected chi connectivity index (χ4v) is 6.39. The molecule has 2 fully saturated rings. The Labute approximate surface area is 224 Å². The number of anilines is 1. The molecule has 5 nitrogen and oxygen atoms in total. The SMILES string of the molecule is Cc1nc(C)c(-c2ccc(OCCc3ccc(F)cc3)cc2)c(N2CCC3CCCCC3C2)c1CC(=O)O. The molecule has 3 aromatic rings. The van der Waals surface area contributed by atoms with E-state index in [4.69, 9.17) is 9.72 Å². The zero-order chi connectivity index (χ0) is 26.6. The van der Waals surface area contributed by atoms with Crippen LogP contribution < -0.4 is 9.64 Å². The number of aryl methyl sites for hydroxylation is 2. The number of halogens is 1. The third-order valence-corrected chi connectivity index (χ3v) is 8.31. The summed E-state index contributed by atoms with van der Waals surface area (Å²) in [7, 11) is 0. The molecule has 0 bridgehead atoms. The van der Waals surface area contributed by atoms with Gasteiger partial charge < -0.3 is 14.7 Å². The summed E-state index contributed by atoms with van der Waals surface area (Å²) < 4.78 is 19.1. The summed E-state index contributed by atoms with van der Waals surface area (Å²) >= 11 is 0. The number of ether oxygens (including phenoxy) is 1. The van der Waals surface area contributed by atoms with Crippen molar-refractivity contribution in [3.05, 3.63) is 76.9 Å². The van der Waals surface area contributed by atoms with Gasteiger partial charge in [0.2, 0.25) is 0 Å². The number of hydrogen-bond acceptors (Lipinski definition) is 4. The largest absolute Gasteiger partial charge is 0.493 e. The molecule has 38 heavy (non-hydrogen) atoms. The van der Waals surface area contributed by atoms with E-state index in [1.807, 2.05) is 38.1 Å². The van der Waals surface area contributed by atoms with Crippen molar-refractivity contribution in [3.8, 4) is 16.9 Å². The number of carboxylic acid groups (broad SMARTS) is 1. The number of benzene rings is 2. The van der Waals surface area contributed by atoms with Gasteiger partial charge in [-0.2, -0.15) is 0 Å². The second-order valence-corrected chi connectivity index (χ2v) is 10.8. The lowest BCUT2D eigenvalue weighted by molar-refractivity contribution is -0.136. The first-order valence-corrected chi connectivity index (χ1v) is 13.8. The minimum Gasteiger partial charge on any atom is -0.493 e. The predicted molar refractivity (Wildman–Crippen MR) is 148 cm³/mol. The van der Waals surface area contributed by atoms with Crippen molar-refractivity contribution in [1.82, 2.24) is 4.98 Å². The molecule has 2 atom stereocenters. The van der Waals surface area contributed by atoms with E-state index in [9.17, 15) is 14.3 Å². The van der Waals surface area contributed by atoms with E-state index in [1.165, 1.54) is 37.8 Å². The summed E-state index contributed by atoms with van der Waals surface area (Å²) in [5.74, 6) is 1.17. The number of nitrogens with zero attached hydrogens (tertiary/aromatic N) is 2. The maximum Gasteiger partial charge on any atom is 0.307 e. The first-order chi connectivity index (χ1) is 18.4. The van der Waals surface area contributed by atoms with Crippen molar-refractivity contribution in [2.45, 2.75) is 58.8 Å². The third kappa shape index (κ3) is 5.85. The van der Waals surface area contributed by atoms with Gasteiger partial charge in [-0.25, -0.2) is 4.39 Å². The molecule has 200 valence electrons. The van der Waals surface area contributed by atoms with Gasteiger partial charge in [-0.3, -0.25) is 9.78 Å². The number of pyridine rings is 1. The number of aliphatic carboxylic acids is 1. The highest BCUT2D eigenvalue weighted by atomic mass is 19.1. The van der Waals surface area contributed by atoms with Crippen LogP contribution in [-0.4, -0.2) is 35.8 Å². The van der Waals surface area contributed by atoms with Gasteiger partial charge in [0.1, 0.15) is 11.6 Å². The molecular formula is C32H37FN2O3. The van der Waals surface area contributed by atoms with Crippen LogP contribution in [0, 0.1) is 31.5 Å². The smallest absolute Gasteiger partial charge is 0.307 e. The maximum absolute atomic E-state index is 13.1. The van der Waals surface area contributed by atoms with Crippen LogP contribution in [0.15, 0.2) is 48.5 Å². The Morgan fingerprint density at radius 2 is 1.71 bits per heavy atom. The summed E-state index contributed by atoms with van der Waals surface area (Å²) in [6.07, 6.45) is 7.04. The van der Waals surface area contributed by atoms with Gasteiger partial charge in [-0.1, -0.05) is 43.5 Å². The fraction of sp³-hybridized carbons (Fsp3) is 0.438. The lowest BCUT2D eigenvalue weighted by atomic mass is 9.75. The van der Waals surface area contributed by atoms with Crippen molar-refractivity contribution >= 4 is 11.7 Å². The van der Waals surface area contributed by atoms with Crippen molar-refractivity contribution in [3.63, 3.8) is 0 Å². The molecule has 6 heteroatoms. The fourth-order valence-electron chi connectivity index (χ4n) is 6.39. The average Bonchev–Trinajstić information content (AvgIpc) is 2.91. The number of aromatic nitrogens is 1. The van der Waals surface area contributed by atoms with E-state index in [2.05, 4.69) is 4.90 Å². The van der Waals surface area contributed by atoms with Crippen LogP contribution in [0.2, 0.25) is 0 Å². The Kier molecular flexibility index (Phi) is 7.96. The van der Waals surface area contributed by atoms with E-state index >= 15 is 0 Å². The molecule has 5 rings (SSSR count). The van der Waals surface area contributed by atoms with Crippen molar-refractivity contribution in [2.75, 3.05) is 24.6 Å². The second-order valence-electron chi connectivity index (χ2n) is 10.8. The standard InChI is InChI=1S/C32H37FN2O3/c1-21-29(19-30(36)37)32(35-17-15-24-5-3-4-6-26(24)20-35)31(22(2)34-21)25-9-13-28(14-10-25)38-18-16-23-7-11-27(33)12-8-23/h7-14,24,26H,3-6,15-20H2,1-2H3,(H,36,37). The molecular weight excluding hydrogens is 479 g/mol. The number of carbonyl (C=O) groups is 1. The molecule has 0 spiro atoms. The summed E-state index contributed by atoms with van der Waals surface area (Å²) in [4.78, 5) is 19.2. The number of fused-ring (bicyclic) bond motifs is 1.